The lowest BCUT2D eigenvalue weighted by Crippen LogP contribution is -2.22. The Bertz CT molecular complexity index is 780. The minimum Gasteiger partial charge on any atom is -0.478 e. The van der Waals surface area contributed by atoms with Crippen LogP contribution in [0.4, 0.5) is 0 Å². The maximum atomic E-state index is 12.3. The molecule has 0 saturated carbocycles. The summed E-state index contributed by atoms with van der Waals surface area (Å²) in [5, 5.41) is 8.89. The van der Waals surface area contributed by atoms with Gasteiger partial charge < -0.3 is 10.1 Å². The van der Waals surface area contributed by atoms with E-state index in [9.17, 15) is 14.4 Å². The average Bonchev–Trinajstić information content (AvgIpc) is 2.45. The molecule has 0 aliphatic heterocycles. The minimum absolute atomic E-state index is 0.123. The second kappa shape index (κ2) is 5.60. The van der Waals surface area contributed by atoms with Gasteiger partial charge in [0, 0.05) is 22.7 Å². The third-order valence-corrected chi connectivity index (χ3v) is 3.23. The van der Waals surface area contributed by atoms with Crippen molar-refractivity contribution in [2.45, 2.75) is 20.8 Å². The lowest BCUT2D eigenvalue weighted by atomic mass is 9.86. The average molecular weight is 299 g/mol. The minimum atomic E-state index is -1.02. The molecule has 2 N–H and O–H groups in total. The van der Waals surface area contributed by atoms with E-state index in [1.807, 2.05) is 0 Å². The van der Waals surface area contributed by atoms with E-state index in [-0.39, 0.29) is 16.9 Å². The highest BCUT2D eigenvalue weighted by Crippen LogP contribution is 2.23. The predicted molar refractivity (Wildman–Crippen MR) is 83.2 cm³/mol. The highest BCUT2D eigenvalue weighted by molar-refractivity contribution is 6.00. The third kappa shape index (κ3) is 3.31. The molecular formula is C17H17NO4. The number of pyridine rings is 1. The van der Waals surface area contributed by atoms with Crippen molar-refractivity contribution in [3.63, 3.8) is 0 Å². The number of aromatic nitrogens is 1. The number of carbonyl (C=O) groups is 2. The van der Waals surface area contributed by atoms with E-state index in [0.717, 1.165) is 0 Å². The Morgan fingerprint density at radius 2 is 1.59 bits per heavy atom. The third-order valence-electron chi connectivity index (χ3n) is 3.23. The van der Waals surface area contributed by atoms with Crippen LogP contribution in [0.1, 0.15) is 41.5 Å². The number of aromatic carboxylic acids is 1. The number of Topliss-reactive ketones (excluding diaryl/α,β-unsaturated/α-hetero) is 1. The molecule has 0 aliphatic rings. The zero-order valence-corrected chi connectivity index (χ0v) is 12.6. The summed E-state index contributed by atoms with van der Waals surface area (Å²) in [7, 11) is 0. The first-order valence-corrected chi connectivity index (χ1v) is 6.81. The summed E-state index contributed by atoms with van der Waals surface area (Å²) < 4.78 is 0. The van der Waals surface area contributed by atoms with Crippen molar-refractivity contribution in [3.8, 4) is 11.3 Å². The predicted octanol–water partition coefficient (Wildman–Crippen LogP) is 2.97. The van der Waals surface area contributed by atoms with Crippen LogP contribution < -0.4 is 5.56 Å². The number of ketones is 1. The fraction of sp³-hybridized carbons (Fsp3) is 0.235. The molecule has 0 fully saturated rings. The topological polar surface area (TPSA) is 87.2 Å². The van der Waals surface area contributed by atoms with Crippen LogP contribution in [0.25, 0.3) is 11.3 Å². The molecule has 5 nitrogen and oxygen atoms in total. The van der Waals surface area contributed by atoms with E-state index in [2.05, 4.69) is 4.98 Å². The fourth-order valence-electron chi connectivity index (χ4n) is 2.06. The molecule has 22 heavy (non-hydrogen) atoms. The van der Waals surface area contributed by atoms with Crippen molar-refractivity contribution >= 4 is 11.8 Å². The first-order valence-electron chi connectivity index (χ1n) is 6.81. The lowest BCUT2D eigenvalue weighted by molar-refractivity contribution is 0.0696. The smallest absolute Gasteiger partial charge is 0.335 e. The molecule has 0 unspecified atom stereocenters. The van der Waals surface area contributed by atoms with Crippen molar-refractivity contribution in [2.24, 2.45) is 5.41 Å². The van der Waals surface area contributed by atoms with Crippen LogP contribution in [-0.2, 0) is 0 Å². The van der Waals surface area contributed by atoms with Crippen molar-refractivity contribution in [3.05, 3.63) is 57.9 Å². The summed E-state index contributed by atoms with van der Waals surface area (Å²) in [6.07, 6.45) is 0. The Labute approximate surface area is 127 Å². The van der Waals surface area contributed by atoms with Gasteiger partial charge in [0.1, 0.15) is 0 Å². The number of nitrogens with one attached hydrogen (secondary N) is 1. The highest BCUT2D eigenvalue weighted by Gasteiger charge is 2.23. The van der Waals surface area contributed by atoms with Crippen molar-refractivity contribution in [2.75, 3.05) is 0 Å². The van der Waals surface area contributed by atoms with Crippen LogP contribution in [0, 0.1) is 5.41 Å². The first kappa shape index (κ1) is 15.7. The number of hydrogen-bond acceptors (Lipinski definition) is 3. The maximum absolute atomic E-state index is 12.3. The normalized spacial score (nSPS) is 11.2. The van der Waals surface area contributed by atoms with Crippen molar-refractivity contribution < 1.29 is 14.7 Å². The van der Waals surface area contributed by atoms with Crippen LogP contribution in [0.3, 0.4) is 0 Å². The number of rotatable bonds is 3. The molecule has 5 heteroatoms. The van der Waals surface area contributed by atoms with Gasteiger partial charge in [-0.1, -0.05) is 32.9 Å². The zero-order valence-electron chi connectivity index (χ0n) is 12.6. The summed E-state index contributed by atoms with van der Waals surface area (Å²) in [5.74, 6) is -1.14. The lowest BCUT2D eigenvalue weighted by Gasteiger charge is -2.16. The number of benzene rings is 1. The molecule has 1 aromatic heterocycles. The summed E-state index contributed by atoms with van der Waals surface area (Å²) in [6.45, 7) is 5.37. The van der Waals surface area contributed by atoms with E-state index in [1.165, 1.54) is 18.2 Å². The summed E-state index contributed by atoms with van der Waals surface area (Å²) >= 11 is 0. The largest absolute Gasteiger partial charge is 0.478 e. The van der Waals surface area contributed by atoms with Crippen LogP contribution in [0.5, 0.6) is 0 Å². The number of carboxylic acids is 1. The number of aromatic amines is 1. The molecular weight excluding hydrogens is 282 g/mol. The van der Waals surface area contributed by atoms with Gasteiger partial charge in [-0.05, 0) is 23.8 Å². The molecule has 2 aromatic rings. The standard InChI is InChI=1S/C17H17NO4/c1-17(2,3)15(20)12-8-13(18-14(19)9-12)10-4-6-11(7-5-10)16(21)22/h4-9H,1-3H3,(H,18,19)(H,21,22). The molecule has 0 spiro atoms. The Balaban J connectivity index is 2.48. The Morgan fingerprint density at radius 1 is 1.00 bits per heavy atom. The molecule has 0 amide bonds. The summed E-state index contributed by atoms with van der Waals surface area (Å²) in [5.41, 5.74) is 0.676. The van der Waals surface area contributed by atoms with E-state index >= 15 is 0 Å². The molecule has 0 radical (unpaired) electrons. The summed E-state index contributed by atoms with van der Waals surface area (Å²) in [4.78, 5) is 37.6. The molecule has 0 saturated heterocycles. The van der Waals surface area contributed by atoms with Gasteiger partial charge in [0.2, 0.25) is 5.56 Å². The van der Waals surface area contributed by atoms with Gasteiger partial charge in [-0.3, -0.25) is 9.59 Å². The van der Waals surface area contributed by atoms with E-state index < -0.39 is 11.4 Å². The van der Waals surface area contributed by atoms with Gasteiger partial charge in [0.25, 0.3) is 0 Å². The van der Waals surface area contributed by atoms with Gasteiger partial charge in [0.05, 0.1) is 5.56 Å². The Hall–Kier alpha value is -2.69. The second-order valence-corrected chi connectivity index (χ2v) is 6.11. The number of carboxylic acid groups (broad SMARTS) is 1. The van der Waals surface area contributed by atoms with Crippen molar-refractivity contribution in [1.82, 2.24) is 4.98 Å². The van der Waals surface area contributed by atoms with Gasteiger partial charge in [-0.2, -0.15) is 0 Å². The van der Waals surface area contributed by atoms with Gasteiger partial charge >= 0.3 is 5.97 Å². The molecule has 1 heterocycles. The Kier molecular flexibility index (Phi) is 3.99. The fourth-order valence-corrected chi connectivity index (χ4v) is 2.06. The van der Waals surface area contributed by atoms with Gasteiger partial charge in [-0.15, -0.1) is 0 Å². The Morgan fingerprint density at radius 3 is 2.09 bits per heavy atom. The SMILES string of the molecule is CC(C)(C)C(=O)c1cc(-c2ccc(C(=O)O)cc2)[nH]c(=O)c1. The zero-order chi connectivity index (χ0) is 16.5. The first-order chi connectivity index (χ1) is 10.2. The molecule has 1 aromatic carbocycles. The van der Waals surface area contributed by atoms with Gasteiger partial charge in [-0.25, -0.2) is 4.79 Å². The molecule has 0 bridgehead atoms. The maximum Gasteiger partial charge on any atom is 0.335 e. The quantitative estimate of drug-likeness (QED) is 0.853. The molecule has 114 valence electrons. The monoisotopic (exact) mass is 299 g/mol. The molecule has 0 atom stereocenters. The van der Waals surface area contributed by atoms with Gasteiger partial charge in [0.15, 0.2) is 5.78 Å². The summed E-state index contributed by atoms with van der Waals surface area (Å²) in [6, 6.07) is 9.00. The van der Waals surface area contributed by atoms with Crippen molar-refractivity contribution in [1.29, 1.82) is 0 Å². The number of carbonyl (C=O) groups excluding carboxylic acids is 1. The van der Waals surface area contributed by atoms with E-state index in [4.69, 9.17) is 5.11 Å². The van der Waals surface area contributed by atoms with E-state index in [0.29, 0.717) is 16.8 Å². The van der Waals surface area contributed by atoms with Crippen LogP contribution >= 0.6 is 0 Å². The van der Waals surface area contributed by atoms with Crippen LogP contribution in [0.15, 0.2) is 41.2 Å². The highest BCUT2D eigenvalue weighted by atomic mass is 16.4. The molecule has 0 aliphatic carbocycles. The number of H-pyrrole nitrogens is 1. The second-order valence-electron chi connectivity index (χ2n) is 6.11. The van der Waals surface area contributed by atoms with E-state index in [1.54, 1.807) is 39.0 Å². The molecule has 2 rings (SSSR count). The van der Waals surface area contributed by atoms with Crippen LogP contribution in [-0.4, -0.2) is 21.8 Å². The number of hydrogen-bond donors (Lipinski definition) is 2. The van der Waals surface area contributed by atoms with Crippen LogP contribution in [0.2, 0.25) is 0 Å².